The second-order valence-electron chi connectivity index (χ2n) is 3.81. The minimum atomic E-state index is 0.0342. The molecule has 4 heteroatoms. The summed E-state index contributed by atoms with van der Waals surface area (Å²) in [7, 11) is 0. The fourth-order valence-corrected chi connectivity index (χ4v) is 2.16. The Morgan fingerprint density at radius 1 is 1.50 bits per heavy atom. The van der Waals surface area contributed by atoms with Gasteiger partial charge in [0, 0.05) is 11.8 Å². The maximum Gasteiger partial charge on any atom is 0.259 e. The normalized spacial score (nSPS) is 14.9. The molecule has 2 aromatic rings. The smallest absolute Gasteiger partial charge is 0.259 e. The summed E-state index contributed by atoms with van der Waals surface area (Å²) in [6.07, 6.45) is 3.10. The summed E-state index contributed by atoms with van der Waals surface area (Å²) in [5, 5.41) is 0. The van der Waals surface area contributed by atoms with Gasteiger partial charge in [-0.15, -0.1) is 0 Å². The van der Waals surface area contributed by atoms with Gasteiger partial charge in [-0.25, -0.2) is 9.38 Å². The second kappa shape index (κ2) is 2.47. The van der Waals surface area contributed by atoms with Crippen LogP contribution in [0, 0.1) is 6.92 Å². The average Bonchev–Trinajstić information content (AvgIpc) is 2.60. The summed E-state index contributed by atoms with van der Waals surface area (Å²) >= 11 is 0. The highest BCUT2D eigenvalue weighted by atomic mass is 16.1. The van der Waals surface area contributed by atoms with Crippen LogP contribution in [-0.4, -0.2) is 14.4 Å². The maximum absolute atomic E-state index is 11.7. The molecule has 0 spiro atoms. The fourth-order valence-electron chi connectivity index (χ4n) is 2.16. The van der Waals surface area contributed by atoms with Gasteiger partial charge in [0.2, 0.25) is 5.78 Å². The van der Waals surface area contributed by atoms with Crippen LogP contribution in [0.4, 0.5) is 0 Å². The summed E-state index contributed by atoms with van der Waals surface area (Å²) in [5.74, 6) is 0.694. The van der Waals surface area contributed by atoms with Gasteiger partial charge in [0.05, 0.1) is 11.4 Å². The van der Waals surface area contributed by atoms with E-state index in [2.05, 4.69) is 9.97 Å². The summed E-state index contributed by atoms with van der Waals surface area (Å²) in [4.78, 5) is 19.3. The van der Waals surface area contributed by atoms with Crippen LogP contribution in [0.25, 0.3) is 5.78 Å². The number of hydrogen-bond acceptors (Lipinski definition) is 2. The Morgan fingerprint density at radius 2 is 2.36 bits per heavy atom. The molecule has 1 aliphatic rings. The Balaban J connectivity index is 2.50. The number of rotatable bonds is 0. The number of aromatic nitrogens is 3. The zero-order chi connectivity index (χ0) is 9.71. The van der Waals surface area contributed by atoms with Gasteiger partial charge >= 0.3 is 0 Å². The van der Waals surface area contributed by atoms with Crippen molar-refractivity contribution in [1.82, 2.24) is 14.4 Å². The van der Waals surface area contributed by atoms with Crippen molar-refractivity contribution in [3.63, 3.8) is 0 Å². The van der Waals surface area contributed by atoms with Crippen molar-refractivity contribution in [3.8, 4) is 0 Å². The van der Waals surface area contributed by atoms with Crippen LogP contribution in [0.15, 0.2) is 10.9 Å². The first-order chi connectivity index (χ1) is 6.75. The van der Waals surface area contributed by atoms with Crippen LogP contribution in [0.1, 0.15) is 23.5 Å². The van der Waals surface area contributed by atoms with Crippen LogP contribution in [0.2, 0.25) is 0 Å². The Hall–Kier alpha value is -1.58. The quantitative estimate of drug-likeness (QED) is 0.667. The van der Waals surface area contributed by atoms with Crippen molar-refractivity contribution in [2.75, 3.05) is 0 Å². The Labute approximate surface area is 80.6 Å². The Morgan fingerprint density at radius 3 is 3.21 bits per heavy atom. The molecule has 1 N–H and O–H groups in total. The number of aromatic amines is 1. The molecule has 0 bridgehead atoms. The van der Waals surface area contributed by atoms with Gasteiger partial charge < -0.3 is 4.98 Å². The minimum Gasteiger partial charge on any atom is -0.329 e. The van der Waals surface area contributed by atoms with Gasteiger partial charge in [-0.05, 0) is 26.2 Å². The van der Waals surface area contributed by atoms with Crippen molar-refractivity contribution < 1.29 is 0 Å². The summed E-state index contributed by atoms with van der Waals surface area (Å²) in [6.45, 7) is 1.88. The minimum absolute atomic E-state index is 0.0342. The molecule has 0 saturated carbocycles. The lowest BCUT2D eigenvalue weighted by Gasteiger charge is -1.97. The molecule has 0 aromatic carbocycles. The van der Waals surface area contributed by atoms with E-state index in [4.69, 9.17) is 0 Å². The van der Waals surface area contributed by atoms with Crippen LogP contribution in [0.5, 0.6) is 0 Å². The van der Waals surface area contributed by atoms with Gasteiger partial charge in [0.25, 0.3) is 5.56 Å². The topological polar surface area (TPSA) is 50.2 Å². The zero-order valence-corrected chi connectivity index (χ0v) is 8.00. The zero-order valence-electron chi connectivity index (χ0n) is 8.00. The van der Waals surface area contributed by atoms with Crippen molar-refractivity contribution in [2.24, 2.45) is 0 Å². The van der Waals surface area contributed by atoms with E-state index in [1.807, 2.05) is 6.92 Å². The van der Waals surface area contributed by atoms with Gasteiger partial charge in [-0.3, -0.25) is 4.79 Å². The van der Waals surface area contributed by atoms with E-state index in [1.165, 1.54) is 0 Å². The van der Waals surface area contributed by atoms with E-state index in [0.717, 1.165) is 36.3 Å². The first-order valence-corrected chi connectivity index (χ1v) is 4.86. The number of nitrogens with one attached hydrogen (secondary N) is 1. The Kier molecular flexibility index (Phi) is 1.37. The molecule has 0 radical (unpaired) electrons. The second-order valence-corrected chi connectivity index (χ2v) is 3.81. The molecule has 2 aromatic heterocycles. The lowest BCUT2D eigenvalue weighted by molar-refractivity contribution is 0.852. The van der Waals surface area contributed by atoms with E-state index in [1.54, 1.807) is 10.5 Å². The predicted octanol–water partition coefficient (Wildman–Crippen LogP) is 0.820. The lowest BCUT2D eigenvalue weighted by Crippen LogP contribution is -2.15. The SMILES string of the molecule is Cc1cc(=O)n2c3c(nc2[nH]1)CCC3. The molecule has 14 heavy (non-hydrogen) atoms. The molecular weight excluding hydrogens is 178 g/mol. The van der Waals surface area contributed by atoms with Crippen LogP contribution >= 0.6 is 0 Å². The van der Waals surface area contributed by atoms with Crippen LogP contribution in [-0.2, 0) is 12.8 Å². The first-order valence-electron chi connectivity index (χ1n) is 4.86. The van der Waals surface area contributed by atoms with Crippen LogP contribution in [0.3, 0.4) is 0 Å². The van der Waals surface area contributed by atoms with Crippen molar-refractivity contribution >= 4 is 5.78 Å². The highest BCUT2D eigenvalue weighted by Gasteiger charge is 2.19. The van der Waals surface area contributed by atoms with Crippen LogP contribution < -0.4 is 5.56 Å². The van der Waals surface area contributed by atoms with E-state index in [-0.39, 0.29) is 5.56 Å². The highest BCUT2D eigenvalue weighted by Crippen LogP contribution is 2.20. The Bertz CT molecular complexity index is 564. The highest BCUT2D eigenvalue weighted by molar-refractivity contribution is 5.38. The molecule has 0 amide bonds. The first kappa shape index (κ1) is 7.79. The molecule has 3 rings (SSSR count). The van der Waals surface area contributed by atoms with Crippen molar-refractivity contribution in [2.45, 2.75) is 26.2 Å². The number of imidazole rings is 1. The summed E-state index contributed by atoms with van der Waals surface area (Å²) in [5.41, 5.74) is 3.09. The third-order valence-electron chi connectivity index (χ3n) is 2.75. The third kappa shape index (κ3) is 0.880. The number of hydrogen-bond donors (Lipinski definition) is 1. The average molecular weight is 189 g/mol. The third-order valence-corrected chi connectivity index (χ3v) is 2.75. The maximum atomic E-state index is 11.7. The van der Waals surface area contributed by atoms with E-state index in [9.17, 15) is 4.79 Å². The van der Waals surface area contributed by atoms with E-state index < -0.39 is 0 Å². The summed E-state index contributed by atoms with van der Waals surface area (Å²) < 4.78 is 1.70. The molecule has 72 valence electrons. The van der Waals surface area contributed by atoms with E-state index in [0.29, 0.717) is 5.78 Å². The molecule has 2 heterocycles. The molecule has 0 saturated heterocycles. The molecular formula is C10H11N3O. The number of H-pyrrole nitrogens is 1. The molecule has 0 atom stereocenters. The fraction of sp³-hybridized carbons (Fsp3) is 0.400. The van der Waals surface area contributed by atoms with Crippen molar-refractivity contribution in [1.29, 1.82) is 0 Å². The van der Waals surface area contributed by atoms with Gasteiger partial charge in [-0.1, -0.05) is 0 Å². The van der Waals surface area contributed by atoms with E-state index >= 15 is 0 Å². The van der Waals surface area contributed by atoms with Crippen molar-refractivity contribution in [3.05, 3.63) is 33.5 Å². The van der Waals surface area contributed by atoms with Gasteiger partial charge in [0.1, 0.15) is 0 Å². The number of nitrogens with zero attached hydrogens (tertiary/aromatic N) is 2. The molecule has 0 unspecified atom stereocenters. The predicted molar refractivity (Wildman–Crippen MR) is 52.6 cm³/mol. The number of fused-ring (bicyclic) bond motifs is 3. The van der Waals surface area contributed by atoms with Gasteiger partial charge in [0.15, 0.2) is 0 Å². The molecule has 0 aliphatic heterocycles. The molecule has 0 fully saturated rings. The monoisotopic (exact) mass is 189 g/mol. The molecule has 4 nitrogen and oxygen atoms in total. The van der Waals surface area contributed by atoms with Gasteiger partial charge in [-0.2, -0.15) is 0 Å². The standard InChI is InChI=1S/C10H11N3O/c1-6-5-9(14)13-8-4-2-3-7(8)12-10(13)11-6/h5H,2-4H2,1H3,(H,11,12). The largest absolute Gasteiger partial charge is 0.329 e. The number of aryl methyl sites for hydroxylation is 3. The lowest BCUT2D eigenvalue weighted by atomic mass is 10.3. The molecule has 1 aliphatic carbocycles. The summed E-state index contributed by atoms with van der Waals surface area (Å²) in [6, 6.07) is 1.62.